The Balaban J connectivity index is 1.34. The molecule has 0 atom stereocenters. The largest absolute Gasteiger partial charge is 0.347 e. The van der Waals surface area contributed by atoms with Gasteiger partial charge >= 0.3 is 0 Å². The van der Waals surface area contributed by atoms with Gasteiger partial charge in [0, 0.05) is 25.6 Å². The van der Waals surface area contributed by atoms with E-state index in [9.17, 15) is 0 Å². The Hall–Kier alpha value is -1.46. The van der Waals surface area contributed by atoms with Crippen molar-refractivity contribution in [3.63, 3.8) is 0 Å². The summed E-state index contributed by atoms with van der Waals surface area (Å²) in [5, 5.41) is 11.1. The fraction of sp³-hybridized carbons (Fsp3) is 0.556. The Labute approximate surface area is 142 Å². The molecule has 5 heteroatoms. The lowest BCUT2D eigenvalue weighted by atomic mass is 10.0. The van der Waals surface area contributed by atoms with Crippen molar-refractivity contribution < 1.29 is 0 Å². The highest BCUT2D eigenvalue weighted by atomic mass is 32.1. The molecule has 2 saturated heterocycles. The van der Waals surface area contributed by atoms with Crippen LogP contribution in [0.1, 0.15) is 36.3 Å². The molecule has 2 aliphatic heterocycles. The van der Waals surface area contributed by atoms with E-state index in [1.165, 1.54) is 44.3 Å². The van der Waals surface area contributed by atoms with Crippen molar-refractivity contribution in [1.82, 2.24) is 15.1 Å². The quantitative estimate of drug-likeness (QED) is 0.863. The van der Waals surface area contributed by atoms with Crippen LogP contribution in [0.25, 0.3) is 0 Å². The highest BCUT2D eigenvalue weighted by Crippen LogP contribution is 2.27. The number of hydrogen-bond donors (Lipinski definition) is 0. The molecule has 2 fully saturated rings. The second kappa shape index (κ2) is 6.97. The minimum Gasteiger partial charge on any atom is -0.347 e. The van der Waals surface area contributed by atoms with Crippen LogP contribution in [-0.4, -0.2) is 47.3 Å². The van der Waals surface area contributed by atoms with E-state index in [-0.39, 0.29) is 0 Å². The summed E-state index contributed by atoms with van der Waals surface area (Å²) in [5.74, 6) is 0. The minimum atomic E-state index is 0.797. The van der Waals surface area contributed by atoms with Gasteiger partial charge in [-0.2, -0.15) is 0 Å². The molecule has 2 aliphatic rings. The van der Waals surface area contributed by atoms with E-state index < -0.39 is 0 Å². The topological polar surface area (TPSA) is 32.3 Å². The van der Waals surface area contributed by atoms with Gasteiger partial charge in [0.05, 0.1) is 0 Å². The second-order valence-electron chi connectivity index (χ2n) is 6.60. The summed E-state index contributed by atoms with van der Waals surface area (Å²) in [5.41, 5.74) is 1.31. The van der Waals surface area contributed by atoms with Gasteiger partial charge in [-0.05, 0) is 44.3 Å². The zero-order valence-electron chi connectivity index (χ0n) is 13.5. The summed E-state index contributed by atoms with van der Waals surface area (Å²) in [7, 11) is 0. The van der Waals surface area contributed by atoms with E-state index in [0.717, 1.165) is 35.7 Å². The molecule has 0 spiro atoms. The highest BCUT2D eigenvalue weighted by molar-refractivity contribution is 7.15. The molecule has 0 amide bonds. The van der Waals surface area contributed by atoms with Crippen LogP contribution in [0.5, 0.6) is 0 Å². The third kappa shape index (κ3) is 3.56. The Morgan fingerprint density at radius 2 is 1.70 bits per heavy atom. The zero-order chi connectivity index (χ0) is 15.5. The van der Waals surface area contributed by atoms with Crippen LogP contribution in [0.2, 0.25) is 0 Å². The van der Waals surface area contributed by atoms with Crippen LogP contribution in [0.4, 0.5) is 5.13 Å². The third-order valence-electron chi connectivity index (χ3n) is 5.05. The van der Waals surface area contributed by atoms with Gasteiger partial charge in [0.25, 0.3) is 0 Å². The van der Waals surface area contributed by atoms with Crippen LogP contribution >= 0.6 is 11.3 Å². The first kappa shape index (κ1) is 15.1. The van der Waals surface area contributed by atoms with Crippen molar-refractivity contribution in [2.24, 2.45) is 0 Å². The van der Waals surface area contributed by atoms with Gasteiger partial charge in [-0.1, -0.05) is 41.7 Å². The van der Waals surface area contributed by atoms with Gasteiger partial charge < -0.3 is 9.80 Å². The second-order valence-corrected chi connectivity index (χ2v) is 7.64. The van der Waals surface area contributed by atoms with Gasteiger partial charge in [-0.25, -0.2) is 0 Å². The summed E-state index contributed by atoms with van der Waals surface area (Å²) in [4.78, 5) is 5.12. The highest BCUT2D eigenvalue weighted by Gasteiger charge is 2.27. The minimum absolute atomic E-state index is 0.797. The lowest BCUT2D eigenvalue weighted by Gasteiger charge is -2.36. The monoisotopic (exact) mass is 328 g/mol. The SMILES string of the molecule is c1ccc(Cc2nnc(N3CCC(N4CCCC4)CC3)s2)cc1. The first-order valence-corrected chi connectivity index (χ1v) is 9.55. The van der Waals surface area contributed by atoms with Crippen molar-refractivity contribution in [3.05, 3.63) is 40.9 Å². The Morgan fingerprint density at radius 3 is 2.43 bits per heavy atom. The summed E-state index contributed by atoms with van der Waals surface area (Å²) in [6.07, 6.45) is 6.21. The Kier molecular flexibility index (Phi) is 4.57. The molecule has 23 heavy (non-hydrogen) atoms. The number of anilines is 1. The number of piperidine rings is 1. The van der Waals surface area contributed by atoms with E-state index >= 15 is 0 Å². The smallest absolute Gasteiger partial charge is 0.208 e. The van der Waals surface area contributed by atoms with Crippen LogP contribution in [0.3, 0.4) is 0 Å². The van der Waals surface area contributed by atoms with E-state index in [0.29, 0.717) is 0 Å². The molecule has 3 heterocycles. The summed E-state index contributed by atoms with van der Waals surface area (Å²) in [6.45, 7) is 4.87. The molecule has 0 radical (unpaired) electrons. The third-order valence-corrected chi connectivity index (χ3v) is 6.03. The normalized spacial score (nSPS) is 20.3. The lowest BCUT2D eigenvalue weighted by molar-refractivity contribution is 0.208. The van der Waals surface area contributed by atoms with Gasteiger partial charge in [0.1, 0.15) is 5.01 Å². The van der Waals surface area contributed by atoms with Crippen LogP contribution in [-0.2, 0) is 6.42 Å². The maximum atomic E-state index is 4.44. The van der Waals surface area contributed by atoms with Crippen LogP contribution in [0, 0.1) is 0 Å². The fourth-order valence-electron chi connectivity index (χ4n) is 3.74. The number of hydrogen-bond acceptors (Lipinski definition) is 5. The van der Waals surface area contributed by atoms with Crippen LogP contribution < -0.4 is 4.90 Å². The summed E-state index contributed by atoms with van der Waals surface area (Å²) in [6, 6.07) is 11.3. The van der Waals surface area contributed by atoms with E-state index in [2.05, 4.69) is 50.3 Å². The standard InChI is InChI=1S/C18H24N4S/c1-2-6-15(7-3-1)14-17-19-20-18(23-17)22-12-8-16(9-13-22)21-10-4-5-11-21/h1-3,6-7,16H,4-5,8-14H2. The van der Waals surface area contributed by atoms with Crippen molar-refractivity contribution in [1.29, 1.82) is 0 Å². The van der Waals surface area contributed by atoms with Gasteiger partial charge in [0.2, 0.25) is 5.13 Å². The zero-order valence-corrected chi connectivity index (χ0v) is 14.3. The number of benzene rings is 1. The van der Waals surface area contributed by atoms with Crippen molar-refractivity contribution >= 4 is 16.5 Å². The molecule has 0 saturated carbocycles. The van der Waals surface area contributed by atoms with Crippen LogP contribution in [0.15, 0.2) is 30.3 Å². The number of rotatable bonds is 4. The molecule has 1 aromatic heterocycles. The average Bonchev–Trinajstić information content (AvgIpc) is 3.28. The van der Waals surface area contributed by atoms with Crippen molar-refractivity contribution in [2.75, 3.05) is 31.1 Å². The predicted octanol–water partition coefficient (Wildman–Crippen LogP) is 3.19. The van der Waals surface area contributed by atoms with E-state index in [1.807, 2.05) is 0 Å². The Bertz CT molecular complexity index is 613. The molecule has 0 aliphatic carbocycles. The predicted molar refractivity (Wildman–Crippen MR) is 95.2 cm³/mol. The molecule has 0 unspecified atom stereocenters. The van der Waals surface area contributed by atoms with Crippen molar-refractivity contribution in [3.8, 4) is 0 Å². The van der Waals surface area contributed by atoms with Crippen molar-refractivity contribution in [2.45, 2.75) is 38.1 Å². The number of likely N-dealkylation sites (tertiary alicyclic amines) is 1. The van der Waals surface area contributed by atoms with E-state index in [4.69, 9.17) is 0 Å². The molecular formula is C18H24N4S. The molecule has 122 valence electrons. The number of nitrogens with zero attached hydrogens (tertiary/aromatic N) is 4. The average molecular weight is 328 g/mol. The maximum absolute atomic E-state index is 4.44. The number of aromatic nitrogens is 2. The fourth-order valence-corrected chi connectivity index (χ4v) is 4.67. The molecule has 4 nitrogen and oxygen atoms in total. The Morgan fingerprint density at radius 1 is 0.957 bits per heavy atom. The maximum Gasteiger partial charge on any atom is 0.208 e. The summed E-state index contributed by atoms with van der Waals surface area (Å²) < 4.78 is 0. The molecular weight excluding hydrogens is 304 g/mol. The lowest BCUT2D eigenvalue weighted by Crippen LogP contribution is -2.43. The van der Waals surface area contributed by atoms with Gasteiger partial charge in [-0.3, -0.25) is 0 Å². The molecule has 4 rings (SSSR count). The molecule has 0 N–H and O–H groups in total. The molecule has 1 aromatic carbocycles. The first-order chi connectivity index (χ1) is 11.4. The molecule has 0 bridgehead atoms. The summed E-state index contributed by atoms with van der Waals surface area (Å²) >= 11 is 1.76. The van der Waals surface area contributed by atoms with Gasteiger partial charge in [-0.15, -0.1) is 10.2 Å². The molecule has 2 aromatic rings. The van der Waals surface area contributed by atoms with E-state index in [1.54, 1.807) is 11.3 Å². The first-order valence-electron chi connectivity index (χ1n) is 8.74. The van der Waals surface area contributed by atoms with Gasteiger partial charge in [0.15, 0.2) is 0 Å².